The Kier molecular flexibility index (Phi) is 4.23. The topological polar surface area (TPSA) is 66.8 Å². The normalized spacial score (nSPS) is 26.5. The molecule has 6 heteroatoms. The van der Waals surface area contributed by atoms with Gasteiger partial charge in [0.2, 0.25) is 0 Å². The second kappa shape index (κ2) is 5.75. The molecule has 1 fully saturated rings. The van der Waals surface area contributed by atoms with E-state index in [2.05, 4.69) is 4.74 Å². The van der Waals surface area contributed by atoms with Gasteiger partial charge in [0.05, 0.1) is 11.5 Å². The molecular weight excluding hydrogens is 270 g/mol. The van der Waals surface area contributed by atoms with Crippen LogP contribution in [0.15, 0.2) is 24.3 Å². The van der Waals surface area contributed by atoms with Gasteiger partial charge in [-0.1, -0.05) is 18.2 Å². The average Bonchev–Trinajstić information content (AvgIpc) is 2.40. The van der Waals surface area contributed by atoms with Crippen LogP contribution in [0.2, 0.25) is 0 Å². The first-order valence-electron chi connectivity index (χ1n) is 6.41. The maximum absolute atomic E-state index is 12.4. The fourth-order valence-electron chi connectivity index (χ4n) is 2.75. The Labute approximate surface area is 115 Å². The Morgan fingerprint density at radius 2 is 1.90 bits per heavy atom. The summed E-state index contributed by atoms with van der Waals surface area (Å²) in [7, 11) is 0. The first kappa shape index (κ1) is 14.7. The number of ether oxygens (including phenoxy) is 1. The molecule has 1 aliphatic carbocycles. The van der Waals surface area contributed by atoms with Gasteiger partial charge in [-0.2, -0.15) is 8.78 Å². The second-order valence-electron chi connectivity index (χ2n) is 4.99. The highest BCUT2D eigenvalue weighted by molar-refractivity contribution is 5.82. The smallest absolute Gasteiger partial charge is 0.387 e. The van der Waals surface area contributed by atoms with Crippen molar-refractivity contribution in [1.82, 2.24) is 0 Å². The summed E-state index contributed by atoms with van der Waals surface area (Å²) in [4.78, 5) is 11.7. The van der Waals surface area contributed by atoms with E-state index in [-0.39, 0.29) is 24.2 Å². The Balaban J connectivity index is 2.42. The van der Waals surface area contributed by atoms with Crippen LogP contribution in [-0.2, 0) is 10.2 Å². The third-order valence-corrected chi connectivity index (χ3v) is 3.84. The van der Waals surface area contributed by atoms with Crippen molar-refractivity contribution in [3.05, 3.63) is 29.8 Å². The number of halogens is 2. The molecule has 1 saturated carbocycles. The predicted octanol–water partition coefficient (Wildman–Crippen LogP) is 2.55. The number of carboxylic acids is 1. The summed E-state index contributed by atoms with van der Waals surface area (Å²) < 4.78 is 29.3. The SMILES string of the molecule is O=C(O)C1(c2ccccc2OC(F)F)CCC(O)CC1. The van der Waals surface area contributed by atoms with E-state index in [0.29, 0.717) is 12.8 Å². The van der Waals surface area contributed by atoms with Crippen LogP contribution < -0.4 is 4.74 Å². The second-order valence-corrected chi connectivity index (χ2v) is 4.99. The molecule has 0 heterocycles. The largest absolute Gasteiger partial charge is 0.481 e. The molecule has 0 unspecified atom stereocenters. The lowest BCUT2D eigenvalue weighted by atomic mass is 9.68. The molecule has 0 spiro atoms. The molecular formula is C14H16F2O4. The molecule has 0 bridgehead atoms. The molecule has 2 N–H and O–H groups in total. The average molecular weight is 286 g/mol. The molecule has 2 rings (SSSR count). The summed E-state index contributed by atoms with van der Waals surface area (Å²) in [5.74, 6) is -1.18. The highest BCUT2D eigenvalue weighted by Gasteiger charge is 2.45. The molecule has 1 aromatic rings. The maximum Gasteiger partial charge on any atom is 0.387 e. The van der Waals surface area contributed by atoms with Crippen molar-refractivity contribution < 1.29 is 28.5 Å². The van der Waals surface area contributed by atoms with Gasteiger partial charge in [0.25, 0.3) is 0 Å². The van der Waals surface area contributed by atoms with Crippen molar-refractivity contribution in [2.45, 2.75) is 43.8 Å². The first-order valence-corrected chi connectivity index (χ1v) is 6.41. The number of hydrogen-bond donors (Lipinski definition) is 2. The molecule has 20 heavy (non-hydrogen) atoms. The molecule has 0 amide bonds. The van der Waals surface area contributed by atoms with Crippen molar-refractivity contribution in [2.24, 2.45) is 0 Å². The van der Waals surface area contributed by atoms with Gasteiger partial charge >= 0.3 is 12.6 Å². The van der Waals surface area contributed by atoms with E-state index in [1.807, 2.05) is 0 Å². The van der Waals surface area contributed by atoms with Gasteiger partial charge in [-0.05, 0) is 31.7 Å². The fraction of sp³-hybridized carbons (Fsp3) is 0.500. The van der Waals surface area contributed by atoms with E-state index in [1.165, 1.54) is 18.2 Å². The van der Waals surface area contributed by atoms with E-state index in [0.717, 1.165) is 0 Å². The number of alkyl halides is 2. The molecule has 0 aromatic heterocycles. The van der Waals surface area contributed by atoms with Crippen molar-refractivity contribution >= 4 is 5.97 Å². The van der Waals surface area contributed by atoms with E-state index in [1.54, 1.807) is 6.07 Å². The van der Waals surface area contributed by atoms with Crippen LogP contribution in [0.25, 0.3) is 0 Å². The molecule has 0 aliphatic heterocycles. The van der Waals surface area contributed by atoms with Gasteiger partial charge in [-0.3, -0.25) is 4.79 Å². The van der Waals surface area contributed by atoms with Crippen LogP contribution in [0.1, 0.15) is 31.2 Å². The number of hydrogen-bond acceptors (Lipinski definition) is 3. The zero-order valence-electron chi connectivity index (χ0n) is 10.8. The summed E-state index contributed by atoms with van der Waals surface area (Å²) in [6.07, 6.45) is 0.524. The minimum atomic E-state index is -3.00. The van der Waals surface area contributed by atoms with E-state index < -0.39 is 24.1 Å². The number of carbonyl (C=O) groups is 1. The lowest BCUT2D eigenvalue weighted by Gasteiger charge is -2.36. The van der Waals surface area contributed by atoms with E-state index in [9.17, 15) is 23.8 Å². The van der Waals surface area contributed by atoms with Gasteiger partial charge in [-0.25, -0.2) is 0 Å². The third kappa shape index (κ3) is 2.75. The monoisotopic (exact) mass is 286 g/mol. The number of benzene rings is 1. The first-order chi connectivity index (χ1) is 9.45. The minimum Gasteiger partial charge on any atom is -0.481 e. The zero-order chi connectivity index (χ0) is 14.8. The number of rotatable bonds is 4. The van der Waals surface area contributed by atoms with Crippen LogP contribution in [0.5, 0.6) is 5.75 Å². The molecule has 0 atom stereocenters. The molecule has 1 aromatic carbocycles. The molecule has 0 saturated heterocycles. The summed E-state index contributed by atoms with van der Waals surface area (Å²) in [6, 6.07) is 5.97. The summed E-state index contributed by atoms with van der Waals surface area (Å²) in [5.41, 5.74) is -1.02. The zero-order valence-corrected chi connectivity index (χ0v) is 10.8. The lowest BCUT2D eigenvalue weighted by Crippen LogP contribution is -2.41. The van der Waals surface area contributed by atoms with Crippen LogP contribution in [0.3, 0.4) is 0 Å². The fourth-order valence-corrected chi connectivity index (χ4v) is 2.75. The Morgan fingerprint density at radius 3 is 2.45 bits per heavy atom. The Hall–Kier alpha value is -1.69. The van der Waals surface area contributed by atoms with Gasteiger partial charge < -0.3 is 14.9 Å². The highest BCUT2D eigenvalue weighted by Crippen LogP contribution is 2.43. The number of aliphatic carboxylic acids is 1. The van der Waals surface area contributed by atoms with Crippen molar-refractivity contribution in [1.29, 1.82) is 0 Å². The van der Waals surface area contributed by atoms with Gasteiger partial charge in [0.1, 0.15) is 5.75 Å². The quantitative estimate of drug-likeness (QED) is 0.892. The minimum absolute atomic E-state index is 0.110. The standard InChI is InChI=1S/C14H16F2O4/c15-13(16)20-11-4-2-1-3-10(11)14(12(18)19)7-5-9(17)6-8-14/h1-4,9,13,17H,5-8H2,(H,18,19). The van der Waals surface area contributed by atoms with Crippen LogP contribution in [0, 0.1) is 0 Å². The predicted molar refractivity (Wildman–Crippen MR) is 66.9 cm³/mol. The molecule has 4 nitrogen and oxygen atoms in total. The number of aliphatic hydroxyl groups excluding tert-OH is 1. The van der Waals surface area contributed by atoms with Crippen LogP contribution in [-0.4, -0.2) is 28.9 Å². The summed E-state index contributed by atoms with van der Waals surface area (Å²) in [5, 5.41) is 19.1. The molecule has 1 aliphatic rings. The van der Waals surface area contributed by atoms with Crippen LogP contribution in [0.4, 0.5) is 8.78 Å². The summed E-state index contributed by atoms with van der Waals surface area (Å²) in [6.45, 7) is -3.00. The Bertz CT molecular complexity index is 482. The molecule has 0 radical (unpaired) electrons. The number of aliphatic hydroxyl groups is 1. The van der Waals surface area contributed by atoms with Crippen LogP contribution >= 0.6 is 0 Å². The Morgan fingerprint density at radius 1 is 1.30 bits per heavy atom. The molecule has 110 valence electrons. The van der Waals surface area contributed by atoms with Gasteiger partial charge in [-0.15, -0.1) is 0 Å². The maximum atomic E-state index is 12.4. The highest BCUT2D eigenvalue weighted by atomic mass is 19.3. The van der Waals surface area contributed by atoms with Gasteiger partial charge in [0.15, 0.2) is 0 Å². The van der Waals surface area contributed by atoms with Gasteiger partial charge in [0, 0.05) is 5.56 Å². The third-order valence-electron chi connectivity index (χ3n) is 3.84. The summed E-state index contributed by atoms with van der Waals surface area (Å²) >= 11 is 0. The van der Waals surface area contributed by atoms with E-state index in [4.69, 9.17) is 0 Å². The number of para-hydroxylation sites is 1. The van der Waals surface area contributed by atoms with Crippen molar-refractivity contribution in [2.75, 3.05) is 0 Å². The van der Waals surface area contributed by atoms with E-state index >= 15 is 0 Å². The lowest BCUT2D eigenvalue weighted by molar-refractivity contribution is -0.146. The number of carboxylic acid groups (broad SMARTS) is 1. The van der Waals surface area contributed by atoms with Crippen molar-refractivity contribution in [3.8, 4) is 5.75 Å². The van der Waals surface area contributed by atoms with Crippen molar-refractivity contribution in [3.63, 3.8) is 0 Å².